The van der Waals surface area contributed by atoms with Crippen LogP contribution in [0.25, 0.3) is 0 Å². The van der Waals surface area contributed by atoms with Crippen LogP contribution in [0.15, 0.2) is 47.6 Å². The van der Waals surface area contributed by atoms with Crippen LogP contribution in [-0.4, -0.2) is 59.8 Å². The fourth-order valence-electron chi connectivity index (χ4n) is 6.40. The Morgan fingerprint density at radius 2 is 1.82 bits per heavy atom. The van der Waals surface area contributed by atoms with Crippen LogP contribution in [0.4, 0.5) is 0 Å². The molecule has 7 heteroatoms. The molecular weight excluding hydrogens is 434 g/mol. The molecular formula is C27H37NO6. The normalized spacial score (nSPS) is 31.9. The van der Waals surface area contributed by atoms with Gasteiger partial charge in [0.05, 0.1) is 0 Å². The van der Waals surface area contributed by atoms with E-state index in [1.165, 1.54) is 17.9 Å². The number of ether oxygens (including phenoxy) is 2. The van der Waals surface area contributed by atoms with E-state index in [-0.39, 0.29) is 23.8 Å². The third-order valence-electron chi connectivity index (χ3n) is 7.81. The summed E-state index contributed by atoms with van der Waals surface area (Å²) in [6.45, 7) is 9.98. The zero-order valence-corrected chi connectivity index (χ0v) is 21.0. The highest BCUT2D eigenvalue weighted by Crippen LogP contribution is 2.62. The van der Waals surface area contributed by atoms with Gasteiger partial charge in [0.25, 0.3) is 5.91 Å². The van der Waals surface area contributed by atoms with Gasteiger partial charge in [-0.3, -0.25) is 4.79 Å². The van der Waals surface area contributed by atoms with Crippen molar-refractivity contribution in [2.45, 2.75) is 72.1 Å². The predicted molar refractivity (Wildman–Crippen MR) is 129 cm³/mol. The quantitative estimate of drug-likeness (QED) is 0.342. The van der Waals surface area contributed by atoms with Crippen molar-refractivity contribution in [2.75, 3.05) is 13.7 Å². The molecule has 3 rings (SSSR count). The second kappa shape index (κ2) is 9.90. The van der Waals surface area contributed by atoms with Crippen LogP contribution in [-0.2, 0) is 23.9 Å². The van der Waals surface area contributed by atoms with Gasteiger partial charge in [0.1, 0.15) is 18.2 Å². The van der Waals surface area contributed by atoms with Gasteiger partial charge in [-0.25, -0.2) is 9.59 Å². The lowest BCUT2D eigenvalue weighted by Crippen LogP contribution is -2.58. The van der Waals surface area contributed by atoms with Gasteiger partial charge < -0.3 is 19.5 Å². The van der Waals surface area contributed by atoms with E-state index in [1.807, 2.05) is 25.2 Å². The zero-order valence-electron chi connectivity index (χ0n) is 21.0. The molecule has 34 heavy (non-hydrogen) atoms. The Morgan fingerprint density at radius 3 is 2.44 bits per heavy atom. The standard InChI is InChI=1S/C27H37NO6/c1-7-8-9-10-11-13-19(29)34-22-21(33-6)18-16-28(17(2)25(31)32)24(30)20(18)27(5)15-12-14-26(3,4)23(22)27/h7-11,13,17,21-23H,12,14-16H2,1-6H3,(H,31,32)/b8-7+,10-9+,13-11+/t17-,21+,22-,23+,27-/m1/s1. The minimum Gasteiger partial charge on any atom is -0.480 e. The molecule has 3 aliphatic rings. The van der Waals surface area contributed by atoms with Gasteiger partial charge >= 0.3 is 11.9 Å². The number of methoxy groups -OCH3 is 1. The summed E-state index contributed by atoms with van der Waals surface area (Å²) in [6, 6.07) is -0.956. The van der Waals surface area contributed by atoms with E-state index in [4.69, 9.17) is 9.47 Å². The zero-order chi connectivity index (χ0) is 25.3. The monoisotopic (exact) mass is 471 g/mol. The number of aliphatic carboxylic acids is 1. The van der Waals surface area contributed by atoms with Crippen molar-refractivity contribution in [2.24, 2.45) is 16.7 Å². The average molecular weight is 472 g/mol. The first kappa shape index (κ1) is 25.9. The summed E-state index contributed by atoms with van der Waals surface area (Å²) in [6.07, 6.45) is 11.8. The van der Waals surface area contributed by atoms with Gasteiger partial charge in [0.15, 0.2) is 0 Å². The molecule has 1 amide bonds. The average Bonchev–Trinajstić information content (AvgIpc) is 3.10. The number of hydrogen-bond acceptors (Lipinski definition) is 5. The minimum absolute atomic E-state index is 0.155. The van der Waals surface area contributed by atoms with Crippen LogP contribution in [0.1, 0.15) is 53.9 Å². The molecule has 0 radical (unpaired) electrons. The Hall–Kier alpha value is -2.67. The van der Waals surface area contributed by atoms with E-state index < -0.39 is 35.6 Å². The van der Waals surface area contributed by atoms with Crippen LogP contribution in [0.3, 0.4) is 0 Å². The summed E-state index contributed by atoms with van der Waals surface area (Å²) >= 11 is 0. The fourth-order valence-corrected chi connectivity index (χ4v) is 6.40. The number of carboxylic acids is 1. The Morgan fingerprint density at radius 1 is 1.15 bits per heavy atom. The molecule has 7 nitrogen and oxygen atoms in total. The Labute approximate surface area is 202 Å². The van der Waals surface area contributed by atoms with Crippen LogP contribution < -0.4 is 0 Å². The van der Waals surface area contributed by atoms with Gasteiger partial charge in [0.2, 0.25) is 0 Å². The van der Waals surface area contributed by atoms with Crippen molar-refractivity contribution < 1.29 is 29.0 Å². The highest BCUT2D eigenvalue weighted by atomic mass is 16.6. The van der Waals surface area contributed by atoms with Gasteiger partial charge in [0, 0.05) is 36.6 Å². The molecule has 1 N–H and O–H groups in total. The first-order valence-corrected chi connectivity index (χ1v) is 12.0. The third-order valence-corrected chi connectivity index (χ3v) is 7.81. The number of esters is 1. The fraction of sp³-hybridized carbons (Fsp3) is 0.593. The lowest BCUT2D eigenvalue weighted by atomic mass is 9.49. The van der Waals surface area contributed by atoms with Gasteiger partial charge in [-0.2, -0.15) is 0 Å². The second-order valence-corrected chi connectivity index (χ2v) is 10.4. The Kier molecular flexibility index (Phi) is 7.56. The largest absolute Gasteiger partial charge is 0.480 e. The van der Waals surface area contributed by atoms with Crippen molar-refractivity contribution >= 4 is 17.8 Å². The number of carbonyl (C=O) groups is 3. The highest BCUT2D eigenvalue weighted by molar-refractivity contribution is 6.01. The SMILES string of the molecule is C/C=C/C=C/C=C/C(=O)O[C@@H]1[C@@H](OC)C2=C(C(=O)N([C@H](C)C(=O)O)C2)[C@@]2(C)CCCC(C)(C)[C@H]12. The first-order chi connectivity index (χ1) is 16.0. The smallest absolute Gasteiger partial charge is 0.331 e. The number of rotatable bonds is 7. The van der Waals surface area contributed by atoms with E-state index >= 15 is 0 Å². The summed E-state index contributed by atoms with van der Waals surface area (Å²) in [5.41, 5.74) is 0.639. The van der Waals surface area contributed by atoms with E-state index in [2.05, 4.69) is 20.8 Å². The molecule has 0 aromatic rings. The number of hydrogen-bond donors (Lipinski definition) is 1. The van der Waals surface area contributed by atoms with Gasteiger partial charge in [-0.05, 0) is 37.7 Å². The third kappa shape index (κ3) is 4.50. The molecule has 5 atom stereocenters. The molecule has 0 saturated heterocycles. The lowest BCUT2D eigenvalue weighted by molar-refractivity contribution is -0.173. The Balaban J connectivity index is 2.03. The van der Waals surface area contributed by atoms with E-state index in [9.17, 15) is 19.5 Å². The molecule has 1 heterocycles. The van der Waals surface area contributed by atoms with E-state index in [1.54, 1.807) is 19.3 Å². The summed E-state index contributed by atoms with van der Waals surface area (Å²) in [4.78, 5) is 39.5. The maximum Gasteiger partial charge on any atom is 0.331 e. The maximum atomic E-state index is 13.6. The number of amides is 1. The molecule has 2 aliphatic carbocycles. The molecule has 0 aromatic carbocycles. The summed E-state index contributed by atoms with van der Waals surface area (Å²) < 4.78 is 12.0. The van der Waals surface area contributed by atoms with Crippen molar-refractivity contribution in [3.63, 3.8) is 0 Å². The van der Waals surface area contributed by atoms with Crippen molar-refractivity contribution in [1.29, 1.82) is 0 Å². The van der Waals surface area contributed by atoms with Crippen LogP contribution in [0.5, 0.6) is 0 Å². The number of carbonyl (C=O) groups excluding carboxylic acids is 2. The number of carboxylic acid groups (broad SMARTS) is 1. The molecule has 1 aliphatic heterocycles. The van der Waals surface area contributed by atoms with Gasteiger partial charge in [-0.1, -0.05) is 57.6 Å². The van der Waals surface area contributed by atoms with Crippen LogP contribution >= 0.6 is 0 Å². The molecule has 0 aromatic heterocycles. The number of fused-ring (bicyclic) bond motifs is 2. The molecule has 1 fully saturated rings. The van der Waals surface area contributed by atoms with E-state index in [0.717, 1.165) is 24.8 Å². The second-order valence-electron chi connectivity index (χ2n) is 10.4. The van der Waals surface area contributed by atoms with Crippen molar-refractivity contribution in [3.8, 4) is 0 Å². The first-order valence-electron chi connectivity index (χ1n) is 12.0. The summed E-state index contributed by atoms with van der Waals surface area (Å²) in [7, 11) is 1.55. The van der Waals surface area contributed by atoms with E-state index in [0.29, 0.717) is 5.57 Å². The summed E-state index contributed by atoms with van der Waals surface area (Å²) in [5.74, 6) is -1.91. The minimum atomic E-state index is -1.05. The maximum absolute atomic E-state index is 13.6. The Bertz CT molecular complexity index is 958. The topological polar surface area (TPSA) is 93.1 Å². The predicted octanol–water partition coefficient (Wildman–Crippen LogP) is 4.06. The molecule has 0 unspecified atom stereocenters. The highest BCUT2D eigenvalue weighted by Gasteiger charge is 2.63. The van der Waals surface area contributed by atoms with Crippen molar-refractivity contribution in [3.05, 3.63) is 47.6 Å². The molecule has 0 bridgehead atoms. The van der Waals surface area contributed by atoms with Gasteiger partial charge in [-0.15, -0.1) is 0 Å². The van der Waals surface area contributed by atoms with Crippen LogP contribution in [0.2, 0.25) is 0 Å². The lowest BCUT2D eigenvalue weighted by Gasteiger charge is -2.57. The number of nitrogens with zero attached hydrogens (tertiary/aromatic N) is 1. The molecule has 0 spiro atoms. The molecule has 1 saturated carbocycles. The summed E-state index contributed by atoms with van der Waals surface area (Å²) in [5, 5.41) is 9.57. The number of allylic oxidation sites excluding steroid dienone is 5. The molecule has 186 valence electrons. The van der Waals surface area contributed by atoms with Crippen LogP contribution in [0, 0.1) is 16.7 Å². The van der Waals surface area contributed by atoms with Crippen molar-refractivity contribution in [1.82, 2.24) is 4.90 Å².